The smallest absolute Gasteiger partial charge is 0.0930 e. The molecule has 0 heterocycles. The van der Waals surface area contributed by atoms with Crippen LogP contribution in [0, 0.1) is 0 Å². The monoisotopic (exact) mass is 287 g/mol. The van der Waals surface area contributed by atoms with Gasteiger partial charge in [0.15, 0.2) is 0 Å². The van der Waals surface area contributed by atoms with E-state index in [1.54, 1.807) is 0 Å². The predicted molar refractivity (Wildman–Crippen MR) is 68.3 cm³/mol. The van der Waals surface area contributed by atoms with Gasteiger partial charge in [-0.3, -0.25) is 0 Å². The number of nitrogens with two attached hydrogens (primary N) is 1. The molecule has 1 atom stereocenters. The van der Waals surface area contributed by atoms with Crippen molar-refractivity contribution >= 4 is 15.9 Å². The Morgan fingerprint density at radius 2 is 2.25 bits per heavy atom. The van der Waals surface area contributed by atoms with E-state index in [9.17, 15) is 0 Å². The number of hydrogen-bond acceptors (Lipinski definition) is 3. The van der Waals surface area contributed by atoms with E-state index in [-0.39, 0.29) is 6.10 Å². The minimum absolute atomic E-state index is 0.00264. The normalized spacial score (nSPS) is 12.7. The Labute approximate surface area is 105 Å². The van der Waals surface area contributed by atoms with Gasteiger partial charge >= 0.3 is 0 Å². The highest BCUT2D eigenvalue weighted by molar-refractivity contribution is 9.10. The van der Waals surface area contributed by atoms with E-state index in [4.69, 9.17) is 15.2 Å². The first kappa shape index (κ1) is 13.6. The van der Waals surface area contributed by atoms with Crippen molar-refractivity contribution < 1.29 is 9.47 Å². The molecule has 3 nitrogen and oxygen atoms in total. The lowest BCUT2D eigenvalue weighted by atomic mass is 10.2. The Balaban J connectivity index is 2.29. The van der Waals surface area contributed by atoms with E-state index in [1.807, 2.05) is 31.2 Å². The van der Waals surface area contributed by atoms with Crippen molar-refractivity contribution in [3.8, 4) is 0 Å². The molecule has 1 aromatic rings. The maximum Gasteiger partial charge on any atom is 0.0930 e. The summed E-state index contributed by atoms with van der Waals surface area (Å²) in [7, 11) is 0. The van der Waals surface area contributed by atoms with Crippen LogP contribution in [-0.4, -0.2) is 25.9 Å². The fourth-order valence-electron chi connectivity index (χ4n) is 1.35. The number of halogens is 1. The van der Waals surface area contributed by atoms with Gasteiger partial charge in [0, 0.05) is 17.6 Å². The summed E-state index contributed by atoms with van der Waals surface area (Å²) in [4.78, 5) is 0. The van der Waals surface area contributed by atoms with Crippen LogP contribution in [0.25, 0.3) is 0 Å². The summed E-state index contributed by atoms with van der Waals surface area (Å²) in [6, 6.07) is 8.05. The van der Waals surface area contributed by atoms with Crippen molar-refractivity contribution in [3.63, 3.8) is 0 Å². The Hall–Kier alpha value is -0.420. The van der Waals surface area contributed by atoms with Gasteiger partial charge in [-0.05, 0) is 24.6 Å². The molecule has 0 radical (unpaired) electrons. The van der Waals surface area contributed by atoms with Crippen molar-refractivity contribution in [2.75, 3.05) is 19.8 Å². The highest BCUT2D eigenvalue weighted by Crippen LogP contribution is 2.12. The number of ether oxygens (including phenoxy) is 2. The highest BCUT2D eigenvalue weighted by Gasteiger charge is 2.05. The predicted octanol–water partition coefficient (Wildman–Crippen LogP) is 2.33. The van der Waals surface area contributed by atoms with Crippen LogP contribution in [0.5, 0.6) is 0 Å². The zero-order valence-corrected chi connectivity index (χ0v) is 11.1. The first-order chi connectivity index (χ1) is 7.76. The van der Waals surface area contributed by atoms with Crippen molar-refractivity contribution in [1.82, 2.24) is 0 Å². The summed E-state index contributed by atoms with van der Waals surface area (Å²) in [5.41, 5.74) is 6.69. The molecular formula is C12H18BrNO2. The van der Waals surface area contributed by atoms with E-state index in [1.165, 1.54) is 0 Å². The first-order valence-corrected chi connectivity index (χ1v) is 6.19. The summed E-state index contributed by atoms with van der Waals surface area (Å²) in [5.74, 6) is 0. The van der Waals surface area contributed by atoms with Crippen LogP contribution in [0.15, 0.2) is 28.7 Å². The standard InChI is InChI=1S/C12H18BrNO2/c1-2-16-12(7-14)9-15-8-10-4-3-5-11(13)6-10/h3-6,12H,2,7-9,14H2,1H3. The quantitative estimate of drug-likeness (QED) is 0.837. The topological polar surface area (TPSA) is 44.5 Å². The summed E-state index contributed by atoms with van der Waals surface area (Å²) in [6.45, 7) is 4.24. The Bertz CT molecular complexity index is 307. The van der Waals surface area contributed by atoms with Crippen LogP contribution in [0.4, 0.5) is 0 Å². The lowest BCUT2D eigenvalue weighted by Crippen LogP contribution is -2.28. The van der Waals surface area contributed by atoms with E-state index >= 15 is 0 Å². The maximum atomic E-state index is 5.55. The molecule has 1 aromatic carbocycles. The summed E-state index contributed by atoms with van der Waals surface area (Å²) in [6.07, 6.45) is -0.00264. The molecule has 90 valence electrons. The van der Waals surface area contributed by atoms with E-state index in [0.29, 0.717) is 26.4 Å². The van der Waals surface area contributed by atoms with Gasteiger partial charge in [0.25, 0.3) is 0 Å². The molecule has 0 aromatic heterocycles. The summed E-state index contributed by atoms with van der Waals surface area (Å²) >= 11 is 3.42. The summed E-state index contributed by atoms with van der Waals surface area (Å²) < 4.78 is 12.0. The molecule has 1 unspecified atom stereocenters. The minimum Gasteiger partial charge on any atom is -0.375 e. The number of rotatable bonds is 7. The van der Waals surface area contributed by atoms with Crippen LogP contribution in [0.1, 0.15) is 12.5 Å². The van der Waals surface area contributed by atoms with Gasteiger partial charge in [-0.1, -0.05) is 28.1 Å². The molecule has 4 heteroatoms. The van der Waals surface area contributed by atoms with Gasteiger partial charge in [-0.15, -0.1) is 0 Å². The second-order valence-corrected chi connectivity index (χ2v) is 4.37. The zero-order chi connectivity index (χ0) is 11.8. The van der Waals surface area contributed by atoms with Gasteiger partial charge < -0.3 is 15.2 Å². The van der Waals surface area contributed by atoms with Crippen LogP contribution in [-0.2, 0) is 16.1 Å². The van der Waals surface area contributed by atoms with E-state index < -0.39 is 0 Å². The Kier molecular flexibility index (Phi) is 6.64. The van der Waals surface area contributed by atoms with Crippen molar-refractivity contribution in [3.05, 3.63) is 34.3 Å². The van der Waals surface area contributed by atoms with Gasteiger partial charge in [-0.25, -0.2) is 0 Å². The Morgan fingerprint density at radius 1 is 1.44 bits per heavy atom. The van der Waals surface area contributed by atoms with Gasteiger partial charge in [0.1, 0.15) is 0 Å². The van der Waals surface area contributed by atoms with Crippen LogP contribution in [0.3, 0.4) is 0 Å². The minimum atomic E-state index is -0.00264. The molecule has 2 N–H and O–H groups in total. The van der Waals surface area contributed by atoms with E-state index in [2.05, 4.69) is 15.9 Å². The number of hydrogen-bond donors (Lipinski definition) is 1. The van der Waals surface area contributed by atoms with Crippen molar-refractivity contribution in [1.29, 1.82) is 0 Å². The average Bonchev–Trinajstić information content (AvgIpc) is 2.28. The molecule has 0 amide bonds. The van der Waals surface area contributed by atoms with Gasteiger partial charge in [0.2, 0.25) is 0 Å². The molecule has 1 rings (SSSR count). The van der Waals surface area contributed by atoms with Crippen LogP contribution < -0.4 is 5.73 Å². The lowest BCUT2D eigenvalue weighted by Gasteiger charge is -2.14. The third kappa shape index (κ3) is 5.07. The fourth-order valence-corrected chi connectivity index (χ4v) is 1.80. The molecule has 0 saturated heterocycles. The molecular weight excluding hydrogens is 270 g/mol. The average molecular weight is 288 g/mol. The van der Waals surface area contributed by atoms with Crippen molar-refractivity contribution in [2.24, 2.45) is 5.73 Å². The highest BCUT2D eigenvalue weighted by atomic mass is 79.9. The van der Waals surface area contributed by atoms with E-state index in [0.717, 1.165) is 10.0 Å². The SMILES string of the molecule is CCOC(CN)COCc1cccc(Br)c1. The fraction of sp³-hybridized carbons (Fsp3) is 0.500. The lowest BCUT2D eigenvalue weighted by molar-refractivity contribution is -0.0120. The molecule has 0 aliphatic heterocycles. The van der Waals surface area contributed by atoms with Gasteiger partial charge in [-0.2, -0.15) is 0 Å². The third-order valence-electron chi connectivity index (χ3n) is 2.13. The zero-order valence-electron chi connectivity index (χ0n) is 9.49. The van der Waals surface area contributed by atoms with Crippen LogP contribution in [0.2, 0.25) is 0 Å². The summed E-state index contributed by atoms with van der Waals surface area (Å²) in [5, 5.41) is 0. The molecule has 0 aliphatic carbocycles. The maximum absolute atomic E-state index is 5.55. The molecule has 0 saturated carbocycles. The molecule has 0 bridgehead atoms. The largest absolute Gasteiger partial charge is 0.375 e. The van der Waals surface area contributed by atoms with Crippen LogP contribution >= 0.6 is 15.9 Å². The molecule has 0 fully saturated rings. The Morgan fingerprint density at radius 3 is 2.88 bits per heavy atom. The van der Waals surface area contributed by atoms with Gasteiger partial charge in [0.05, 0.1) is 19.3 Å². The third-order valence-corrected chi connectivity index (χ3v) is 2.62. The second-order valence-electron chi connectivity index (χ2n) is 3.46. The van der Waals surface area contributed by atoms with Crippen molar-refractivity contribution in [2.45, 2.75) is 19.6 Å². The first-order valence-electron chi connectivity index (χ1n) is 5.40. The molecule has 0 aliphatic rings. The molecule has 16 heavy (non-hydrogen) atoms. The molecule has 0 spiro atoms. The second kappa shape index (κ2) is 7.79. The number of benzene rings is 1.